The monoisotopic (exact) mass is 396 g/mol. The molecule has 1 aliphatic carbocycles. The van der Waals surface area contributed by atoms with Gasteiger partial charge in [-0.25, -0.2) is 8.42 Å². The number of pyridine rings is 1. The van der Waals surface area contributed by atoms with E-state index in [4.69, 9.17) is 4.74 Å². The van der Waals surface area contributed by atoms with Crippen LogP contribution in [0.3, 0.4) is 0 Å². The molecule has 0 saturated heterocycles. The van der Waals surface area contributed by atoms with Crippen LogP contribution < -0.4 is 4.74 Å². The Morgan fingerprint density at radius 3 is 2.74 bits per heavy atom. The van der Waals surface area contributed by atoms with Gasteiger partial charge in [0.2, 0.25) is 10.0 Å². The molecule has 1 fully saturated rings. The summed E-state index contributed by atoms with van der Waals surface area (Å²) in [6.07, 6.45) is 4.75. The predicted molar refractivity (Wildman–Crippen MR) is 90.8 cm³/mol. The van der Waals surface area contributed by atoms with Crippen LogP contribution in [0, 0.1) is 0 Å². The van der Waals surface area contributed by atoms with Crippen molar-refractivity contribution >= 4 is 26.0 Å². The maximum Gasteiger partial charge on any atom is 0.244 e. The minimum atomic E-state index is -3.52. The number of hydrogen-bond acceptors (Lipinski definition) is 4. The molecule has 0 unspecified atom stereocenters. The molecule has 1 aromatic heterocycles. The van der Waals surface area contributed by atoms with Crippen LogP contribution in [0.2, 0.25) is 0 Å². The molecule has 0 spiro atoms. The van der Waals surface area contributed by atoms with E-state index in [1.807, 2.05) is 24.3 Å². The molecule has 0 aliphatic heterocycles. The van der Waals surface area contributed by atoms with Crippen LogP contribution in [0.1, 0.15) is 12.8 Å². The number of sulfonamides is 1. The van der Waals surface area contributed by atoms with E-state index < -0.39 is 10.0 Å². The normalized spacial score (nSPS) is 14.9. The van der Waals surface area contributed by atoms with E-state index >= 15 is 0 Å². The van der Waals surface area contributed by atoms with Gasteiger partial charge in [-0.3, -0.25) is 4.98 Å². The number of halogens is 1. The molecule has 2 aromatic rings. The maximum atomic E-state index is 12.7. The summed E-state index contributed by atoms with van der Waals surface area (Å²) in [6.45, 7) is 0.640. The van der Waals surface area contributed by atoms with E-state index in [0.29, 0.717) is 18.9 Å². The lowest BCUT2D eigenvalue weighted by Gasteiger charge is -2.21. The lowest BCUT2D eigenvalue weighted by Crippen LogP contribution is -2.36. The van der Waals surface area contributed by atoms with Gasteiger partial charge in [0, 0.05) is 29.5 Å². The molecule has 0 N–H and O–H groups in total. The third-order valence-electron chi connectivity index (χ3n) is 3.57. The summed E-state index contributed by atoms with van der Waals surface area (Å²) in [5.41, 5.74) is 0. The van der Waals surface area contributed by atoms with Crippen LogP contribution in [-0.4, -0.2) is 36.9 Å². The third-order valence-corrected chi connectivity index (χ3v) is 6.00. The second-order valence-electron chi connectivity index (χ2n) is 5.34. The number of aromatic nitrogens is 1. The van der Waals surface area contributed by atoms with Gasteiger partial charge in [-0.2, -0.15) is 4.31 Å². The molecule has 1 aromatic carbocycles. The van der Waals surface area contributed by atoms with E-state index in [1.165, 1.54) is 10.5 Å². The highest BCUT2D eigenvalue weighted by atomic mass is 79.9. The Bertz CT molecular complexity index is 764. The Morgan fingerprint density at radius 2 is 2.09 bits per heavy atom. The largest absolute Gasteiger partial charge is 0.492 e. The zero-order valence-electron chi connectivity index (χ0n) is 12.4. The van der Waals surface area contributed by atoms with Crippen molar-refractivity contribution in [2.75, 3.05) is 13.2 Å². The summed E-state index contributed by atoms with van der Waals surface area (Å²) in [5.74, 6) is 0.717. The van der Waals surface area contributed by atoms with Gasteiger partial charge in [-0.05, 0) is 43.2 Å². The Morgan fingerprint density at radius 1 is 1.26 bits per heavy atom. The lowest BCUT2D eigenvalue weighted by atomic mass is 10.3. The van der Waals surface area contributed by atoms with Gasteiger partial charge in [0.15, 0.2) is 0 Å². The summed E-state index contributed by atoms with van der Waals surface area (Å²) in [6, 6.07) is 10.8. The minimum Gasteiger partial charge on any atom is -0.492 e. The van der Waals surface area contributed by atoms with E-state index in [1.54, 1.807) is 18.3 Å². The van der Waals surface area contributed by atoms with Crippen molar-refractivity contribution in [1.29, 1.82) is 0 Å². The molecule has 0 radical (unpaired) electrons. The van der Waals surface area contributed by atoms with E-state index in [9.17, 15) is 8.42 Å². The molecule has 0 atom stereocenters. The average Bonchev–Trinajstić information content (AvgIpc) is 3.37. The first-order valence-electron chi connectivity index (χ1n) is 7.37. The molecule has 7 heteroatoms. The minimum absolute atomic E-state index is 0.0753. The van der Waals surface area contributed by atoms with Crippen molar-refractivity contribution in [3.05, 3.63) is 53.3 Å². The van der Waals surface area contributed by atoms with Gasteiger partial charge in [0.25, 0.3) is 0 Å². The molecular formula is C16H17BrN2O3S. The zero-order valence-corrected chi connectivity index (χ0v) is 14.8. The van der Waals surface area contributed by atoms with Gasteiger partial charge in [-0.15, -0.1) is 0 Å². The molecule has 1 heterocycles. The molecule has 0 bridgehead atoms. The van der Waals surface area contributed by atoms with E-state index in [-0.39, 0.29) is 10.9 Å². The first kappa shape index (κ1) is 16.4. The highest BCUT2D eigenvalue weighted by Crippen LogP contribution is 2.31. The van der Waals surface area contributed by atoms with Crippen LogP contribution >= 0.6 is 15.9 Å². The summed E-state index contributed by atoms with van der Waals surface area (Å²) >= 11 is 3.39. The van der Waals surface area contributed by atoms with Crippen LogP contribution in [0.4, 0.5) is 0 Å². The third kappa shape index (κ3) is 4.10. The van der Waals surface area contributed by atoms with Gasteiger partial charge in [0.1, 0.15) is 17.3 Å². The molecule has 1 aliphatic rings. The average molecular weight is 397 g/mol. The van der Waals surface area contributed by atoms with Crippen molar-refractivity contribution in [2.24, 2.45) is 0 Å². The molecule has 1 saturated carbocycles. The van der Waals surface area contributed by atoms with Crippen molar-refractivity contribution in [2.45, 2.75) is 23.8 Å². The molecule has 23 heavy (non-hydrogen) atoms. The van der Waals surface area contributed by atoms with Crippen LogP contribution in [0.5, 0.6) is 5.75 Å². The second kappa shape index (κ2) is 6.98. The van der Waals surface area contributed by atoms with Crippen molar-refractivity contribution in [1.82, 2.24) is 9.29 Å². The first-order chi connectivity index (χ1) is 11.1. The number of rotatable bonds is 7. The maximum absolute atomic E-state index is 12.7. The van der Waals surface area contributed by atoms with Gasteiger partial charge in [0.05, 0.1) is 0 Å². The topological polar surface area (TPSA) is 59.5 Å². The Labute approximate surface area is 144 Å². The standard InChI is InChI=1S/C16H17BrN2O3S/c17-13-3-1-4-15(11-13)22-10-9-19(14-6-7-14)23(20,21)16-5-2-8-18-12-16/h1-5,8,11-12,14H,6-7,9-10H2. The van der Waals surface area contributed by atoms with Crippen LogP contribution in [0.15, 0.2) is 58.2 Å². The lowest BCUT2D eigenvalue weighted by molar-refractivity contribution is 0.269. The van der Waals surface area contributed by atoms with Crippen molar-refractivity contribution in [3.8, 4) is 5.75 Å². The molecule has 3 rings (SSSR count). The zero-order chi connectivity index (χ0) is 16.3. The number of ether oxygens (including phenoxy) is 1. The van der Waals surface area contributed by atoms with Gasteiger partial charge >= 0.3 is 0 Å². The van der Waals surface area contributed by atoms with E-state index in [0.717, 1.165) is 17.3 Å². The van der Waals surface area contributed by atoms with Crippen molar-refractivity contribution < 1.29 is 13.2 Å². The smallest absolute Gasteiger partial charge is 0.244 e. The number of benzene rings is 1. The second-order valence-corrected chi connectivity index (χ2v) is 8.15. The summed E-state index contributed by atoms with van der Waals surface area (Å²) in [4.78, 5) is 4.14. The Kier molecular flexibility index (Phi) is 4.99. The molecule has 0 amide bonds. The van der Waals surface area contributed by atoms with E-state index in [2.05, 4.69) is 20.9 Å². The predicted octanol–water partition coefficient (Wildman–Crippen LogP) is 3.08. The summed E-state index contributed by atoms with van der Waals surface area (Å²) in [5, 5.41) is 0. The molecule has 5 nitrogen and oxygen atoms in total. The van der Waals surface area contributed by atoms with Gasteiger partial charge < -0.3 is 4.74 Å². The SMILES string of the molecule is O=S(=O)(c1cccnc1)N(CCOc1cccc(Br)c1)C1CC1. The molecule has 122 valence electrons. The van der Waals surface area contributed by atoms with Crippen LogP contribution in [0.25, 0.3) is 0 Å². The van der Waals surface area contributed by atoms with Crippen LogP contribution in [-0.2, 0) is 10.0 Å². The fourth-order valence-corrected chi connectivity index (χ4v) is 4.32. The molecular weight excluding hydrogens is 380 g/mol. The fraction of sp³-hybridized carbons (Fsp3) is 0.312. The van der Waals surface area contributed by atoms with Gasteiger partial charge in [-0.1, -0.05) is 22.0 Å². The number of nitrogens with zero attached hydrogens (tertiary/aromatic N) is 2. The Balaban J connectivity index is 1.68. The summed E-state index contributed by atoms with van der Waals surface area (Å²) in [7, 11) is -3.52. The quantitative estimate of drug-likeness (QED) is 0.721. The summed E-state index contributed by atoms with van der Waals surface area (Å²) < 4.78 is 33.6. The Hall–Kier alpha value is -1.44. The highest BCUT2D eigenvalue weighted by molar-refractivity contribution is 9.10. The fourth-order valence-electron chi connectivity index (χ4n) is 2.31. The van der Waals surface area contributed by atoms with Crippen molar-refractivity contribution in [3.63, 3.8) is 0 Å². The number of hydrogen-bond donors (Lipinski definition) is 0. The first-order valence-corrected chi connectivity index (χ1v) is 9.61. The highest BCUT2D eigenvalue weighted by Gasteiger charge is 2.37.